The average Bonchev–Trinajstić information content (AvgIpc) is 3.31. The van der Waals surface area contributed by atoms with Crippen molar-refractivity contribution < 1.29 is 9.90 Å². The summed E-state index contributed by atoms with van der Waals surface area (Å²) in [6, 6.07) is 20.1. The van der Waals surface area contributed by atoms with Gasteiger partial charge in [-0.05, 0) is 24.3 Å². The van der Waals surface area contributed by atoms with E-state index in [1.807, 2.05) is 42.5 Å². The first-order chi connectivity index (χ1) is 14.2. The van der Waals surface area contributed by atoms with Gasteiger partial charge in [0.05, 0.1) is 4.70 Å². The van der Waals surface area contributed by atoms with Gasteiger partial charge >= 0.3 is 0 Å². The lowest BCUT2D eigenvalue weighted by atomic mass is 10.1. The number of carbonyl (C=O) groups excluding carboxylic acids is 1. The average molecular weight is 398 g/mol. The van der Waals surface area contributed by atoms with Crippen LogP contribution in [0.3, 0.4) is 0 Å². The van der Waals surface area contributed by atoms with Crippen molar-refractivity contribution in [3.63, 3.8) is 0 Å². The standard InChI is InChI=1S/C22H14N4O2S/c27-17-10-5-4-9-15(17)13-16-21(28)26(20(24-16)14-7-2-1-3-8-14)22-25-19-18(29-22)11-6-12-23-19/h1-13,27H/b16-13+. The minimum atomic E-state index is -0.300. The molecule has 1 aliphatic rings. The molecule has 6 nitrogen and oxygen atoms in total. The van der Waals surface area contributed by atoms with E-state index in [1.54, 1.807) is 36.5 Å². The third-order valence-electron chi connectivity index (χ3n) is 4.47. The molecule has 0 radical (unpaired) electrons. The molecule has 1 aliphatic heterocycles. The Morgan fingerprint density at radius 2 is 1.76 bits per heavy atom. The molecular formula is C22H14N4O2S. The van der Waals surface area contributed by atoms with Gasteiger partial charge in [0, 0.05) is 17.3 Å². The van der Waals surface area contributed by atoms with E-state index in [9.17, 15) is 9.90 Å². The lowest BCUT2D eigenvalue weighted by Gasteiger charge is -2.14. The van der Waals surface area contributed by atoms with E-state index in [0.717, 1.165) is 10.3 Å². The van der Waals surface area contributed by atoms with Gasteiger partial charge in [-0.1, -0.05) is 59.9 Å². The Labute approximate surface area is 170 Å². The number of amides is 1. The maximum absolute atomic E-state index is 13.3. The topological polar surface area (TPSA) is 78.7 Å². The Balaban J connectivity index is 1.66. The summed E-state index contributed by atoms with van der Waals surface area (Å²) in [4.78, 5) is 28.2. The zero-order valence-corrected chi connectivity index (χ0v) is 15.9. The normalized spacial score (nSPS) is 15.3. The molecule has 0 atom stereocenters. The van der Waals surface area contributed by atoms with E-state index < -0.39 is 0 Å². The van der Waals surface area contributed by atoms with Gasteiger partial charge in [-0.25, -0.2) is 14.9 Å². The number of aromatic nitrogens is 2. The first kappa shape index (κ1) is 17.3. The van der Waals surface area contributed by atoms with Crippen molar-refractivity contribution in [1.82, 2.24) is 9.97 Å². The molecule has 29 heavy (non-hydrogen) atoms. The van der Waals surface area contributed by atoms with E-state index in [0.29, 0.717) is 22.2 Å². The third-order valence-corrected chi connectivity index (χ3v) is 5.46. The number of anilines is 1. The Bertz CT molecular complexity index is 1260. The van der Waals surface area contributed by atoms with Gasteiger partial charge in [-0.2, -0.15) is 4.98 Å². The number of aromatic hydroxyl groups is 1. The highest BCUT2D eigenvalue weighted by Crippen LogP contribution is 2.33. The van der Waals surface area contributed by atoms with Crippen molar-refractivity contribution in [3.8, 4) is 5.75 Å². The third kappa shape index (κ3) is 3.07. The molecule has 7 heteroatoms. The van der Waals surface area contributed by atoms with Crippen LogP contribution in [0.1, 0.15) is 11.1 Å². The van der Waals surface area contributed by atoms with Gasteiger partial charge in [0.25, 0.3) is 5.91 Å². The molecule has 2 aromatic carbocycles. The number of hydrogen-bond donors (Lipinski definition) is 1. The van der Waals surface area contributed by atoms with E-state index in [4.69, 9.17) is 0 Å². The molecule has 0 saturated carbocycles. The van der Waals surface area contributed by atoms with Crippen molar-refractivity contribution in [3.05, 3.63) is 89.8 Å². The number of thiazole rings is 1. The molecule has 0 fully saturated rings. The molecular weight excluding hydrogens is 384 g/mol. The number of fused-ring (bicyclic) bond motifs is 1. The molecule has 0 aliphatic carbocycles. The molecule has 0 saturated heterocycles. The van der Waals surface area contributed by atoms with E-state index >= 15 is 0 Å². The summed E-state index contributed by atoms with van der Waals surface area (Å²) in [7, 11) is 0. The van der Waals surface area contributed by atoms with E-state index in [2.05, 4.69) is 15.0 Å². The number of phenolic OH excluding ortho intramolecular Hbond substituents is 1. The largest absolute Gasteiger partial charge is 0.507 e. The molecule has 0 unspecified atom stereocenters. The fraction of sp³-hybridized carbons (Fsp3) is 0. The van der Waals surface area contributed by atoms with Crippen LogP contribution in [0.4, 0.5) is 5.13 Å². The second-order valence-corrected chi connectivity index (χ2v) is 7.36. The summed E-state index contributed by atoms with van der Waals surface area (Å²) in [5.41, 5.74) is 2.15. The number of phenols is 1. The van der Waals surface area contributed by atoms with Crippen LogP contribution in [0.25, 0.3) is 16.4 Å². The van der Waals surface area contributed by atoms with Crippen LogP contribution in [0.15, 0.2) is 83.6 Å². The lowest BCUT2D eigenvalue weighted by Crippen LogP contribution is -2.32. The summed E-state index contributed by atoms with van der Waals surface area (Å²) < 4.78 is 0.890. The summed E-state index contributed by atoms with van der Waals surface area (Å²) in [5, 5.41) is 10.6. The highest BCUT2D eigenvalue weighted by molar-refractivity contribution is 7.22. The number of aliphatic imine (C=N–C) groups is 1. The minimum absolute atomic E-state index is 0.0897. The van der Waals surface area contributed by atoms with E-state index in [1.165, 1.54) is 16.2 Å². The van der Waals surface area contributed by atoms with Crippen molar-refractivity contribution in [1.29, 1.82) is 0 Å². The number of nitrogens with zero attached hydrogens (tertiary/aromatic N) is 4. The smallest absolute Gasteiger partial charge is 0.284 e. The SMILES string of the molecule is O=C1/C(=C\c2ccccc2O)N=C(c2ccccc2)N1c1nc2ncccc2s1. The minimum Gasteiger partial charge on any atom is -0.507 e. The van der Waals surface area contributed by atoms with Crippen LogP contribution in [0.2, 0.25) is 0 Å². The molecule has 4 aromatic rings. The van der Waals surface area contributed by atoms with Crippen LogP contribution >= 0.6 is 11.3 Å². The van der Waals surface area contributed by atoms with Crippen molar-refractivity contribution >= 4 is 44.6 Å². The Hall–Kier alpha value is -3.84. The van der Waals surface area contributed by atoms with Gasteiger partial charge in [-0.3, -0.25) is 4.79 Å². The lowest BCUT2D eigenvalue weighted by molar-refractivity contribution is -0.113. The molecule has 0 bridgehead atoms. The van der Waals surface area contributed by atoms with E-state index in [-0.39, 0.29) is 17.4 Å². The molecule has 0 spiro atoms. The summed E-state index contributed by atoms with van der Waals surface area (Å²) in [5.74, 6) is 0.286. The van der Waals surface area contributed by atoms with Crippen LogP contribution in [-0.4, -0.2) is 26.8 Å². The predicted molar refractivity (Wildman–Crippen MR) is 114 cm³/mol. The van der Waals surface area contributed by atoms with Crippen LogP contribution in [0.5, 0.6) is 5.75 Å². The highest BCUT2D eigenvalue weighted by Gasteiger charge is 2.34. The number of rotatable bonds is 3. The van der Waals surface area contributed by atoms with Gasteiger partial charge in [-0.15, -0.1) is 0 Å². The van der Waals surface area contributed by atoms with Crippen molar-refractivity contribution in [2.24, 2.45) is 4.99 Å². The van der Waals surface area contributed by atoms with Crippen molar-refractivity contribution in [2.75, 3.05) is 4.90 Å². The maximum atomic E-state index is 13.3. The van der Waals surface area contributed by atoms with Gasteiger partial charge in [0.2, 0.25) is 5.13 Å². The number of benzene rings is 2. The number of hydrogen-bond acceptors (Lipinski definition) is 6. The van der Waals surface area contributed by atoms with Gasteiger partial charge in [0.15, 0.2) is 5.65 Å². The second-order valence-electron chi connectivity index (χ2n) is 6.35. The second kappa shape index (κ2) is 6.96. The van der Waals surface area contributed by atoms with Crippen LogP contribution < -0.4 is 4.90 Å². The molecule has 1 N–H and O–H groups in total. The van der Waals surface area contributed by atoms with Crippen LogP contribution in [-0.2, 0) is 4.79 Å². The highest BCUT2D eigenvalue weighted by atomic mass is 32.1. The van der Waals surface area contributed by atoms with Crippen LogP contribution in [0, 0.1) is 0 Å². The zero-order valence-electron chi connectivity index (χ0n) is 15.1. The Morgan fingerprint density at radius 1 is 0.966 bits per heavy atom. The Morgan fingerprint density at radius 3 is 2.55 bits per heavy atom. The maximum Gasteiger partial charge on any atom is 0.284 e. The number of amidine groups is 1. The Kier molecular flexibility index (Phi) is 4.14. The predicted octanol–water partition coefficient (Wildman–Crippen LogP) is 4.23. The fourth-order valence-corrected chi connectivity index (χ4v) is 4.01. The molecule has 140 valence electrons. The fourth-order valence-electron chi connectivity index (χ4n) is 3.09. The zero-order chi connectivity index (χ0) is 19.8. The van der Waals surface area contributed by atoms with Crippen molar-refractivity contribution in [2.45, 2.75) is 0 Å². The first-order valence-corrected chi connectivity index (χ1v) is 9.72. The summed E-state index contributed by atoms with van der Waals surface area (Å²) in [6.45, 7) is 0. The summed E-state index contributed by atoms with van der Waals surface area (Å²) in [6.07, 6.45) is 3.26. The summed E-state index contributed by atoms with van der Waals surface area (Å²) >= 11 is 1.38. The number of para-hydroxylation sites is 1. The molecule has 3 heterocycles. The quantitative estimate of drug-likeness (QED) is 0.524. The molecule has 2 aromatic heterocycles. The monoisotopic (exact) mass is 398 g/mol. The first-order valence-electron chi connectivity index (χ1n) is 8.90. The number of carbonyl (C=O) groups is 1. The number of pyridine rings is 1. The molecule has 5 rings (SSSR count). The molecule has 1 amide bonds. The van der Waals surface area contributed by atoms with Gasteiger partial charge < -0.3 is 5.11 Å². The van der Waals surface area contributed by atoms with Gasteiger partial charge in [0.1, 0.15) is 17.3 Å².